The highest BCUT2D eigenvalue weighted by Gasteiger charge is 2.07. The molecule has 0 saturated carbocycles. The second-order valence-electron chi connectivity index (χ2n) is 0.673. The normalized spacial score (nSPS) is 8.88. The summed E-state index contributed by atoms with van der Waals surface area (Å²) in [6, 6.07) is 0. The molecule has 0 aliphatic rings. The molecule has 2 N–H and O–H groups in total. The Kier molecular flexibility index (Phi) is 10.0. The van der Waals surface area contributed by atoms with Crippen molar-refractivity contribution in [3.05, 3.63) is 0 Å². The summed E-state index contributed by atoms with van der Waals surface area (Å²) in [7, 11) is -3.20. The molecule has 0 bridgehead atoms. The van der Waals surface area contributed by atoms with Crippen molar-refractivity contribution in [3.8, 4) is 0 Å². The zero-order chi connectivity index (χ0) is 5.21. The van der Waals surface area contributed by atoms with Gasteiger partial charge in [0, 0.05) is 7.11 Å². The van der Waals surface area contributed by atoms with Gasteiger partial charge in [-0.1, -0.05) is 0 Å². The van der Waals surface area contributed by atoms with Crippen LogP contribution in [0.4, 0.5) is 9.41 Å². The van der Waals surface area contributed by atoms with Gasteiger partial charge in [-0.05, 0) is 0 Å². The van der Waals surface area contributed by atoms with Crippen LogP contribution < -0.4 is 0 Å². The van der Waals surface area contributed by atoms with E-state index < -0.39 is 7.82 Å². The quantitative estimate of drug-likeness (QED) is 0.520. The van der Waals surface area contributed by atoms with E-state index >= 15 is 0 Å². The lowest BCUT2D eigenvalue weighted by Crippen LogP contribution is -1.76. The molecule has 0 aliphatic carbocycles. The summed E-state index contributed by atoms with van der Waals surface area (Å²) in [5, 5.41) is 0. The Bertz CT molecular complexity index is 78.1. The fourth-order valence-electron chi connectivity index (χ4n) is 0. The van der Waals surface area contributed by atoms with Gasteiger partial charge in [0.05, 0.1) is 0 Å². The molecule has 0 aromatic heterocycles. The number of halogens is 2. The summed E-state index contributed by atoms with van der Waals surface area (Å²) in [6.07, 6.45) is 0. The van der Waals surface area contributed by atoms with E-state index in [-0.39, 0.29) is 9.41 Å². The zero-order valence-electron chi connectivity index (χ0n) is 3.97. The summed E-state index contributed by atoms with van der Waals surface area (Å²) in [5.41, 5.74) is 0. The molecular formula is CH7F2O4P. The first-order chi connectivity index (χ1) is 2.56. The van der Waals surface area contributed by atoms with Gasteiger partial charge in [0.1, 0.15) is 0 Å². The van der Waals surface area contributed by atoms with Gasteiger partial charge in [0.25, 0.3) is 0 Å². The third kappa shape index (κ3) is 16.7. The molecule has 0 fully saturated rings. The zero-order valence-corrected chi connectivity index (χ0v) is 4.87. The Labute approximate surface area is 44.4 Å². The lowest BCUT2D eigenvalue weighted by molar-refractivity contribution is 0.235. The Hall–Kier alpha value is -0.0300. The highest BCUT2D eigenvalue weighted by Crippen LogP contribution is 2.33. The van der Waals surface area contributed by atoms with E-state index in [0.717, 1.165) is 7.11 Å². The molecule has 0 amide bonds. The predicted octanol–water partition coefficient (Wildman–Crippen LogP) is 0.0305. The second-order valence-corrected chi connectivity index (χ2v) is 2.02. The van der Waals surface area contributed by atoms with Crippen LogP contribution in [0.1, 0.15) is 0 Å². The van der Waals surface area contributed by atoms with E-state index in [1.165, 1.54) is 0 Å². The maximum Gasteiger partial charge on any atom is 0.469 e. The van der Waals surface area contributed by atoms with Crippen LogP contribution >= 0.6 is 7.82 Å². The van der Waals surface area contributed by atoms with Crippen molar-refractivity contribution in [1.82, 2.24) is 0 Å². The summed E-state index contributed by atoms with van der Waals surface area (Å²) >= 11 is 0. The van der Waals surface area contributed by atoms with Gasteiger partial charge < -0.3 is 9.79 Å². The highest BCUT2D eigenvalue weighted by atomic mass is 31.2. The fourth-order valence-corrected chi connectivity index (χ4v) is 0. The van der Waals surface area contributed by atoms with Crippen molar-refractivity contribution in [1.29, 1.82) is 0 Å². The summed E-state index contributed by atoms with van der Waals surface area (Å²) in [5.74, 6) is 0. The Balaban J connectivity index is -0.000000125. The molecule has 0 heterocycles. The monoisotopic (exact) mass is 152 g/mol. The first-order valence-electron chi connectivity index (χ1n) is 1.17. The van der Waals surface area contributed by atoms with Gasteiger partial charge in [0.2, 0.25) is 0 Å². The molecule has 8 heavy (non-hydrogen) atoms. The first kappa shape index (κ1) is 15.7. The second kappa shape index (κ2) is 5.11. The van der Waals surface area contributed by atoms with Crippen LogP contribution in [0.5, 0.6) is 0 Å². The van der Waals surface area contributed by atoms with E-state index in [2.05, 4.69) is 4.52 Å². The Morgan fingerprint density at radius 2 is 1.50 bits per heavy atom. The van der Waals surface area contributed by atoms with E-state index in [1.807, 2.05) is 0 Å². The van der Waals surface area contributed by atoms with Gasteiger partial charge in [-0.2, -0.15) is 0 Å². The minimum Gasteiger partial charge on any atom is -0.303 e. The molecule has 0 saturated heterocycles. The van der Waals surface area contributed by atoms with Crippen molar-refractivity contribution < 1.29 is 28.3 Å². The molecule has 0 spiro atoms. The molecule has 0 aromatic carbocycles. The molecule has 0 radical (unpaired) electrons. The summed E-state index contributed by atoms with van der Waals surface area (Å²) < 4.78 is 13.1. The summed E-state index contributed by atoms with van der Waals surface area (Å²) in [6.45, 7) is 0. The van der Waals surface area contributed by atoms with E-state index in [4.69, 9.17) is 9.79 Å². The number of phosphoric acid groups is 1. The van der Waals surface area contributed by atoms with Crippen molar-refractivity contribution in [2.45, 2.75) is 0 Å². The molecule has 0 atom stereocenters. The largest absolute Gasteiger partial charge is 0.469 e. The van der Waals surface area contributed by atoms with Gasteiger partial charge >= 0.3 is 7.82 Å². The lowest BCUT2D eigenvalue weighted by Gasteiger charge is -1.93. The maximum absolute atomic E-state index is 9.47. The third-order valence-corrected chi connectivity index (χ3v) is 0.714. The van der Waals surface area contributed by atoms with Crippen LogP contribution in [0.2, 0.25) is 0 Å². The average molecular weight is 152 g/mol. The molecule has 4 nitrogen and oxygen atoms in total. The topological polar surface area (TPSA) is 66.8 Å². The van der Waals surface area contributed by atoms with E-state index in [1.54, 1.807) is 0 Å². The smallest absolute Gasteiger partial charge is 0.303 e. The van der Waals surface area contributed by atoms with Crippen LogP contribution in [0, 0.1) is 0 Å². The standard InChI is InChI=1S/CH5O4P.2FH/c1-5-6(2,3)4;;/h1H3,(H2,2,3,4);2*1H. The third-order valence-electron chi connectivity index (χ3n) is 0.238. The fraction of sp³-hybridized carbons (Fsp3) is 1.00. The summed E-state index contributed by atoms with van der Waals surface area (Å²) in [4.78, 5) is 15.4. The lowest BCUT2D eigenvalue weighted by atomic mass is 11.8. The average Bonchev–Trinajstić information content (AvgIpc) is 1.35. The van der Waals surface area contributed by atoms with E-state index in [9.17, 15) is 4.57 Å². The molecule has 0 unspecified atom stereocenters. The number of hydrogen-bond donors (Lipinski definition) is 2. The van der Waals surface area contributed by atoms with Crippen molar-refractivity contribution in [2.24, 2.45) is 0 Å². The van der Waals surface area contributed by atoms with E-state index in [0.29, 0.717) is 0 Å². The van der Waals surface area contributed by atoms with Crippen LogP contribution in [0.3, 0.4) is 0 Å². The van der Waals surface area contributed by atoms with Crippen molar-refractivity contribution in [3.63, 3.8) is 0 Å². The number of hydrogen-bond acceptors (Lipinski definition) is 2. The Morgan fingerprint density at radius 1 is 1.38 bits per heavy atom. The van der Waals surface area contributed by atoms with Crippen LogP contribution in [0.25, 0.3) is 0 Å². The van der Waals surface area contributed by atoms with Crippen molar-refractivity contribution >= 4 is 7.82 Å². The predicted molar refractivity (Wildman–Crippen MR) is 24.1 cm³/mol. The van der Waals surface area contributed by atoms with Crippen molar-refractivity contribution in [2.75, 3.05) is 7.11 Å². The minimum absolute atomic E-state index is 0. The SMILES string of the molecule is COP(=O)(O)O.F.F. The molecular weight excluding hydrogens is 145 g/mol. The van der Waals surface area contributed by atoms with Gasteiger partial charge in [-0.3, -0.25) is 13.9 Å². The van der Waals surface area contributed by atoms with Gasteiger partial charge in [-0.25, -0.2) is 4.57 Å². The molecule has 54 valence electrons. The Morgan fingerprint density at radius 3 is 1.50 bits per heavy atom. The van der Waals surface area contributed by atoms with Crippen LogP contribution in [-0.4, -0.2) is 16.9 Å². The maximum atomic E-state index is 9.47. The number of phosphoric ester groups is 1. The number of rotatable bonds is 1. The van der Waals surface area contributed by atoms with Gasteiger partial charge in [-0.15, -0.1) is 0 Å². The molecule has 0 aliphatic heterocycles. The molecule has 0 aromatic rings. The minimum atomic E-state index is -4.15. The molecule has 7 heteroatoms. The highest BCUT2D eigenvalue weighted by molar-refractivity contribution is 7.46. The van der Waals surface area contributed by atoms with Gasteiger partial charge in [0.15, 0.2) is 0 Å². The van der Waals surface area contributed by atoms with Crippen LogP contribution in [-0.2, 0) is 9.09 Å². The van der Waals surface area contributed by atoms with Crippen LogP contribution in [0.15, 0.2) is 0 Å². The first-order valence-corrected chi connectivity index (χ1v) is 2.70. The molecule has 0 rings (SSSR count).